The minimum Gasteiger partial charge on any atom is -0.379 e. The Morgan fingerprint density at radius 3 is 2.31 bits per heavy atom. The van der Waals surface area contributed by atoms with Gasteiger partial charge >= 0.3 is 0 Å². The number of hydrogen-bond donors (Lipinski definition) is 0. The highest BCUT2D eigenvalue weighted by molar-refractivity contribution is 5.85. The van der Waals surface area contributed by atoms with E-state index in [1.54, 1.807) is 0 Å². The fourth-order valence-corrected chi connectivity index (χ4v) is 3.89. The summed E-state index contributed by atoms with van der Waals surface area (Å²) in [5, 5.41) is 0. The van der Waals surface area contributed by atoms with E-state index in [-0.39, 0.29) is 24.8 Å². The van der Waals surface area contributed by atoms with Crippen LogP contribution in [0, 0.1) is 6.92 Å². The van der Waals surface area contributed by atoms with Crippen LogP contribution in [0.5, 0.6) is 0 Å². The molecule has 1 aliphatic rings. The fourth-order valence-electron chi connectivity index (χ4n) is 3.89. The zero-order chi connectivity index (χ0) is 18.2. The molecule has 154 valence electrons. The third-order valence-corrected chi connectivity index (χ3v) is 5.45. The van der Waals surface area contributed by atoms with E-state index < -0.39 is 0 Å². The maximum absolute atomic E-state index is 5.47. The van der Waals surface area contributed by atoms with Gasteiger partial charge in [-0.1, -0.05) is 42.0 Å². The fraction of sp³-hybridized carbons (Fsp3) is 0.318. The van der Waals surface area contributed by atoms with Gasteiger partial charge in [0.2, 0.25) is 5.78 Å². The van der Waals surface area contributed by atoms with Crippen molar-refractivity contribution in [3.63, 3.8) is 0 Å². The van der Waals surface area contributed by atoms with Gasteiger partial charge in [0.25, 0.3) is 0 Å². The minimum atomic E-state index is 0. The van der Waals surface area contributed by atoms with Crippen molar-refractivity contribution in [2.75, 3.05) is 32.8 Å². The molecule has 2 aromatic heterocycles. The molecule has 4 aromatic rings. The molecule has 0 bridgehead atoms. The van der Waals surface area contributed by atoms with Crippen molar-refractivity contribution in [1.29, 1.82) is 0 Å². The molecule has 1 fully saturated rings. The van der Waals surface area contributed by atoms with E-state index >= 15 is 0 Å². The van der Waals surface area contributed by atoms with E-state index in [0.717, 1.165) is 56.4 Å². The van der Waals surface area contributed by atoms with Gasteiger partial charge in [0.1, 0.15) is 0 Å². The lowest BCUT2D eigenvalue weighted by Gasteiger charge is -2.26. The van der Waals surface area contributed by atoms with Crippen LogP contribution in [0.25, 0.3) is 28.1 Å². The molecule has 1 aliphatic heterocycles. The summed E-state index contributed by atoms with van der Waals surface area (Å²) >= 11 is 0. The summed E-state index contributed by atoms with van der Waals surface area (Å²) in [6.07, 6.45) is 2.16. The lowest BCUT2D eigenvalue weighted by Crippen LogP contribution is -2.38. The largest absolute Gasteiger partial charge is 0.379 e. The van der Waals surface area contributed by atoms with Crippen molar-refractivity contribution in [2.45, 2.75) is 13.5 Å². The molecular weight excluding hydrogens is 407 g/mol. The van der Waals surface area contributed by atoms with Gasteiger partial charge in [0, 0.05) is 37.9 Å². The highest BCUT2D eigenvalue weighted by atomic mass is 35.5. The van der Waals surface area contributed by atoms with Crippen molar-refractivity contribution in [3.05, 3.63) is 60.3 Å². The van der Waals surface area contributed by atoms with Gasteiger partial charge in [0.05, 0.1) is 29.9 Å². The lowest BCUT2D eigenvalue weighted by atomic mass is 10.1. The average Bonchev–Trinajstić information content (AvgIpc) is 3.26. The maximum Gasteiger partial charge on any atom is 0.215 e. The van der Waals surface area contributed by atoms with Crippen LogP contribution in [-0.2, 0) is 11.3 Å². The van der Waals surface area contributed by atoms with Gasteiger partial charge in [-0.15, -0.1) is 24.8 Å². The molecule has 0 spiro atoms. The maximum atomic E-state index is 5.47. The molecular formula is C22H26Cl2N4O. The highest BCUT2D eigenvalue weighted by Gasteiger charge is 2.16. The first-order chi connectivity index (χ1) is 13.3. The summed E-state index contributed by atoms with van der Waals surface area (Å²) in [5.41, 5.74) is 5.90. The number of hydrogen-bond acceptors (Lipinski definition) is 3. The second kappa shape index (κ2) is 9.18. The molecule has 0 atom stereocenters. The zero-order valence-corrected chi connectivity index (χ0v) is 18.1. The second-order valence-electron chi connectivity index (χ2n) is 7.26. The molecule has 2 aromatic carbocycles. The summed E-state index contributed by atoms with van der Waals surface area (Å²) in [7, 11) is 0. The number of fused-ring (bicyclic) bond motifs is 3. The minimum absolute atomic E-state index is 0. The number of aryl methyl sites for hydroxylation is 1. The van der Waals surface area contributed by atoms with Crippen molar-refractivity contribution in [3.8, 4) is 11.3 Å². The molecule has 0 amide bonds. The summed E-state index contributed by atoms with van der Waals surface area (Å²) in [6, 6.07) is 17.2. The van der Waals surface area contributed by atoms with Crippen molar-refractivity contribution < 1.29 is 4.74 Å². The quantitative estimate of drug-likeness (QED) is 0.477. The van der Waals surface area contributed by atoms with Gasteiger partial charge in [-0.25, -0.2) is 4.98 Å². The van der Waals surface area contributed by atoms with Crippen molar-refractivity contribution >= 4 is 41.6 Å². The summed E-state index contributed by atoms with van der Waals surface area (Å²) < 4.78 is 10.0. The van der Waals surface area contributed by atoms with Crippen LogP contribution in [0.15, 0.2) is 54.7 Å². The Labute approximate surface area is 183 Å². The number of para-hydroxylation sites is 2. The Balaban J connectivity index is 0.00000120. The number of imidazole rings is 2. The Morgan fingerprint density at radius 1 is 0.897 bits per heavy atom. The molecule has 5 rings (SSSR count). The molecule has 3 heterocycles. The monoisotopic (exact) mass is 432 g/mol. The molecule has 1 saturated heterocycles. The molecule has 0 saturated carbocycles. The van der Waals surface area contributed by atoms with E-state index in [1.807, 2.05) is 0 Å². The normalized spacial score (nSPS) is 14.7. The SMILES string of the molecule is Cc1ccc(-c2cn3c4ccccc4n(CCN4CCOCC4)c3n2)cc1.Cl.Cl. The van der Waals surface area contributed by atoms with E-state index in [1.165, 1.54) is 16.6 Å². The summed E-state index contributed by atoms with van der Waals surface area (Å²) in [6.45, 7) is 7.76. The Bertz CT molecular complexity index is 1080. The highest BCUT2D eigenvalue weighted by Crippen LogP contribution is 2.26. The van der Waals surface area contributed by atoms with Crippen molar-refractivity contribution in [2.24, 2.45) is 0 Å². The van der Waals surface area contributed by atoms with E-state index in [9.17, 15) is 0 Å². The molecule has 5 nitrogen and oxygen atoms in total. The second-order valence-corrected chi connectivity index (χ2v) is 7.26. The average molecular weight is 433 g/mol. The standard InChI is InChI=1S/C22H24N4O.2ClH/c1-17-6-8-18(9-7-17)19-16-26-21-5-3-2-4-20(21)25(22(26)23-19)11-10-24-12-14-27-15-13-24;;/h2-9,16H,10-15H2,1H3;2*1H. The van der Waals surface area contributed by atoms with Crippen LogP contribution in [0.2, 0.25) is 0 Å². The number of halogens is 2. The Hall–Kier alpha value is -2.05. The molecule has 29 heavy (non-hydrogen) atoms. The van der Waals surface area contributed by atoms with E-state index in [2.05, 4.69) is 75.5 Å². The van der Waals surface area contributed by atoms with Gasteiger partial charge in [-0.3, -0.25) is 9.30 Å². The third-order valence-electron chi connectivity index (χ3n) is 5.45. The number of ether oxygens (including phenoxy) is 1. The number of morpholine rings is 1. The van der Waals surface area contributed by atoms with E-state index in [4.69, 9.17) is 9.72 Å². The Kier molecular flexibility index (Phi) is 6.85. The van der Waals surface area contributed by atoms with Gasteiger partial charge < -0.3 is 9.30 Å². The van der Waals surface area contributed by atoms with Crippen LogP contribution in [0.4, 0.5) is 0 Å². The lowest BCUT2D eigenvalue weighted by molar-refractivity contribution is 0.0366. The number of rotatable bonds is 4. The van der Waals surface area contributed by atoms with Crippen LogP contribution in [0.3, 0.4) is 0 Å². The first kappa shape index (κ1) is 21.7. The first-order valence-electron chi connectivity index (χ1n) is 9.63. The smallest absolute Gasteiger partial charge is 0.215 e. The first-order valence-corrected chi connectivity index (χ1v) is 9.63. The van der Waals surface area contributed by atoms with Gasteiger partial charge in [-0.2, -0.15) is 0 Å². The number of aromatic nitrogens is 3. The molecule has 0 N–H and O–H groups in total. The van der Waals surface area contributed by atoms with Crippen LogP contribution in [-0.4, -0.2) is 51.7 Å². The van der Waals surface area contributed by atoms with Gasteiger partial charge in [-0.05, 0) is 19.1 Å². The predicted molar refractivity (Wildman–Crippen MR) is 123 cm³/mol. The molecule has 0 unspecified atom stereocenters. The summed E-state index contributed by atoms with van der Waals surface area (Å²) in [5.74, 6) is 1.01. The summed E-state index contributed by atoms with van der Waals surface area (Å²) in [4.78, 5) is 7.47. The van der Waals surface area contributed by atoms with Crippen LogP contribution >= 0.6 is 24.8 Å². The topological polar surface area (TPSA) is 34.7 Å². The Morgan fingerprint density at radius 2 is 1.59 bits per heavy atom. The predicted octanol–water partition coefficient (Wildman–Crippen LogP) is 4.44. The van der Waals surface area contributed by atoms with Gasteiger partial charge in [0.15, 0.2) is 0 Å². The van der Waals surface area contributed by atoms with Crippen molar-refractivity contribution in [1.82, 2.24) is 18.9 Å². The van der Waals surface area contributed by atoms with Crippen LogP contribution in [0.1, 0.15) is 5.56 Å². The molecule has 7 heteroatoms. The zero-order valence-electron chi connectivity index (χ0n) is 16.5. The molecule has 0 radical (unpaired) electrons. The van der Waals surface area contributed by atoms with Crippen LogP contribution < -0.4 is 0 Å². The number of nitrogens with zero attached hydrogens (tertiary/aromatic N) is 4. The van der Waals surface area contributed by atoms with E-state index in [0.29, 0.717) is 0 Å². The number of benzene rings is 2. The molecule has 0 aliphatic carbocycles. The third kappa shape index (κ3) is 4.14.